The lowest BCUT2D eigenvalue weighted by molar-refractivity contribution is 0.124. The number of ether oxygens (including phenoxy) is 1. The van der Waals surface area contributed by atoms with Crippen LogP contribution < -0.4 is 5.32 Å². The Morgan fingerprint density at radius 2 is 2.22 bits per heavy atom. The molecule has 0 bridgehead atoms. The van der Waals surface area contributed by atoms with Gasteiger partial charge in [-0.15, -0.1) is 0 Å². The van der Waals surface area contributed by atoms with Crippen molar-refractivity contribution in [1.29, 1.82) is 0 Å². The third kappa shape index (κ3) is 1.95. The van der Waals surface area contributed by atoms with E-state index >= 15 is 0 Å². The van der Waals surface area contributed by atoms with Crippen LogP contribution in [0.2, 0.25) is 0 Å². The third-order valence-corrected chi connectivity index (χ3v) is 1.95. The summed E-state index contributed by atoms with van der Waals surface area (Å²) in [5.41, 5.74) is 0. The van der Waals surface area contributed by atoms with Gasteiger partial charge in [0.1, 0.15) is 0 Å². The van der Waals surface area contributed by atoms with Crippen LogP contribution >= 0.6 is 0 Å². The van der Waals surface area contributed by atoms with Gasteiger partial charge in [-0.2, -0.15) is 0 Å². The molecule has 1 fully saturated rings. The van der Waals surface area contributed by atoms with E-state index in [2.05, 4.69) is 19.2 Å². The topological polar surface area (TPSA) is 21.3 Å². The van der Waals surface area contributed by atoms with E-state index in [-0.39, 0.29) is 0 Å². The summed E-state index contributed by atoms with van der Waals surface area (Å²) in [6, 6.07) is 0.618. The summed E-state index contributed by atoms with van der Waals surface area (Å²) in [6.07, 6.45) is 0. The van der Waals surface area contributed by atoms with Crippen LogP contribution in [-0.2, 0) is 4.74 Å². The summed E-state index contributed by atoms with van der Waals surface area (Å²) < 4.78 is 5.31. The quantitative estimate of drug-likeness (QED) is 0.518. The molecule has 0 amide bonds. The van der Waals surface area contributed by atoms with Crippen LogP contribution in [-0.4, -0.2) is 25.8 Å². The monoisotopic (exact) mass is 129 g/mol. The maximum absolute atomic E-state index is 5.31. The van der Waals surface area contributed by atoms with Gasteiger partial charge in [-0.05, 0) is 12.8 Å². The first-order valence-corrected chi connectivity index (χ1v) is 3.62. The average molecular weight is 129 g/mol. The first-order valence-electron chi connectivity index (χ1n) is 3.62. The van der Waals surface area contributed by atoms with Gasteiger partial charge in [0, 0.05) is 12.6 Å². The minimum Gasteiger partial charge on any atom is -0.380 e. The lowest BCUT2D eigenvalue weighted by atomic mass is 10.1. The predicted molar refractivity (Wildman–Crippen MR) is 37.4 cm³/mol. The molecule has 1 saturated heterocycles. The molecular formula is C7H15NO. The molecule has 0 radical (unpaired) electrons. The van der Waals surface area contributed by atoms with Crippen LogP contribution in [0.3, 0.4) is 0 Å². The largest absolute Gasteiger partial charge is 0.380 e. The van der Waals surface area contributed by atoms with Gasteiger partial charge in [0.25, 0.3) is 0 Å². The van der Waals surface area contributed by atoms with Gasteiger partial charge in [-0.25, -0.2) is 0 Å². The van der Waals surface area contributed by atoms with Gasteiger partial charge in [0.2, 0.25) is 0 Å². The van der Waals surface area contributed by atoms with Crippen LogP contribution in [0.5, 0.6) is 0 Å². The highest BCUT2D eigenvalue weighted by Crippen LogP contribution is 2.04. The zero-order valence-electron chi connectivity index (χ0n) is 6.18. The van der Waals surface area contributed by atoms with Gasteiger partial charge in [-0.1, -0.05) is 6.92 Å². The Hall–Kier alpha value is -0.0800. The van der Waals surface area contributed by atoms with E-state index in [1.54, 1.807) is 0 Å². The van der Waals surface area contributed by atoms with E-state index in [1.165, 1.54) is 0 Å². The predicted octanol–water partition coefficient (Wildman–Crippen LogP) is 0.631. The van der Waals surface area contributed by atoms with Crippen molar-refractivity contribution in [3.63, 3.8) is 0 Å². The Bertz CT molecular complexity index is 75.0. The SMILES string of the molecule is CC1COCCNC1C. The molecule has 0 aromatic carbocycles. The molecule has 1 rings (SSSR count). The Balaban J connectivity index is 2.32. The molecule has 1 aliphatic rings. The summed E-state index contributed by atoms with van der Waals surface area (Å²) in [5.74, 6) is 0.660. The van der Waals surface area contributed by atoms with E-state index in [0.29, 0.717) is 12.0 Å². The van der Waals surface area contributed by atoms with Gasteiger partial charge in [-0.3, -0.25) is 0 Å². The summed E-state index contributed by atoms with van der Waals surface area (Å²) in [4.78, 5) is 0. The molecule has 0 aromatic heterocycles. The minimum atomic E-state index is 0.618. The van der Waals surface area contributed by atoms with Crippen molar-refractivity contribution < 1.29 is 4.74 Å². The van der Waals surface area contributed by atoms with Crippen molar-refractivity contribution in [2.24, 2.45) is 5.92 Å². The molecule has 2 heteroatoms. The molecule has 2 unspecified atom stereocenters. The first-order chi connectivity index (χ1) is 4.30. The molecule has 0 spiro atoms. The molecule has 0 saturated carbocycles. The van der Waals surface area contributed by atoms with Crippen molar-refractivity contribution in [2.45, 2.75) is 19.9 Å². The van der Waals surface area contributed by atoms with Crippen molar-refractivity contribution in [3.05, 3.63) is 0 Å². The van der Waals surface area contributed by atoms with Crippen LogP contribution in [0, 0.1) is 5.92 Å². The smallest absolute Gasteiger partial charge is 0.0591 e. The first kappa shape index (κ1) is 7.03. The van der Waals surface area contributed by atoms with Gasteiger partial charge < -0.3 is 10.1 Å². The Morgan fingerprint density at radius 3 is 3.00 bits per heavy atom. The molecule has 0 aromatic rings. The molecule has 54 valence electrons. The molecule has 1 N–H and O–H groups in total. The second-order valence-electron chi connectivity index (χ2n) is 2.79. The summed E-state index contributed by atoms with van der Waals surface area (Å²) in [7, 11) is 0. The Morgan fingerprint density at radius 1 is 1.44 bits per heavy atom. The number of nitrogens with one attached hydrogen (secondary N) is 1. The summed E-state index contributed by atoms with van der Waals surface area (Å²) in [5, 5.41) is 3.37. The summed E-state index contributed by atoms with van der Waals surface area (Å²) >= 11 is 0. The maximum atomic E-state index is 5.31. The van der Waals surface area contributed by atoms with E-state index in [1.807, 2.05) is 0 Å². The van der Waals surface area contributed by atoms with E-state index in [4.69, 9.17) is 4.74 Å². The summed E-state index contributed by atoms with van der Waals surface area (Å²) in [6.45, 7) is 7.21. The molecule has 9 heavy (non-hydrogen) atoms. The fraction of sp³-hybridized carbons (Fsp3) is 1.00. The standard InChI is InChI=1S/C7H15NO/c1-6-5-9-4-3-8-7(6)2/h6-8H,3-5H2,1-2H3. The molecular weight excluding hydrogens is 114 g/mol. The molecule has 0 aliphatic carbocycles. The van der Waals surface area contributed by atoms with Gasteiger partial charge >= 0.3 is 0 Å². The lowest BCUT2D eigenvalue weighted by Gasteiger charge is -2.15. The third-order valence-electron chi connectivity index (χ3n) is 1.95. The second kappa shape index (κ2) is 3.18. The van der Waals surface area contributed by atoms with Crippen molar-refractivity contribution >= 4 is 0 Å². The molecule has 2 nitrogen and oxygen atoms in total. The number of hydrogen-bond donors (Lipinski definition) is 1. The van der Waals surface area contributed by atoms with Gasteiger partial charge in [0.05, 0.1) is 13.2 Å². The minimum absolute atomic E-state index is 0.618. The zero-order chi connectivity index (χ0) is 6.69. The van der Waals surface area contributed by atoms with Crippen molar-refractivity contribution in [2.75, 3.05) is 19.8 Å². The molecule has 2 atom stereocenters. The molecule has 1 heterocycles. The van der Waals surface area contributed by atoms with Crippen molar-refractivity contribution in [1.82, 2.24) is 5.32 Å². The normalized spacial score (nSPS) is 38.0. The number of rotatable bonds is 0. The van der Waals surface area contributed by atoms with Crippen LogP contribution in [0.25, 0.3) is 0 Å². The highest BCUT2D eigenvalue weighted by Gasteiger charge is 2.13. The van der Waals surface area contributed by atoms with Crippen LogP contribution in [0.4, 0.5) is 0 Å². The lowest BCUT2D eigenvalue weighted by Crippen LogP contribution is -2.31. The van der Waals surface area contributed by atoms with Crippen molar-refractivity contribution in [3.8, 4) is 0 Å². The van der Waals surface area contributed by atoms with Gasteiger partial charge in [0.15, 0.2) is 0 Å². The highest BCUT2D eigenvalue weighted by molar-refractivity contribution is 4.70. The van der Waals surface area contributed by atoms with Crippen LogP contribution in [0.15, 0.2) is 0 Å². The number of hydrogen-bond acceptors (Lipinski definition) is 2. The van der Waals surface area contributed by atoms with E-state index < -0.39 is 0 Å². The highest BCUT2D eigenvalue weighted by atomic mass is 16.5. The van der Waals surface area contributed by atoms with E-state index in [0.717, 1.165) is 19.8 Å². The Kier molecular flexibility index (Phi) is 2.49. The fourth-order valence-electron chi connectivity index (χ4n) is 0.974. The maximum Gasteiger partial charge on any atom is 0.0591 e. The van der Waals surface area contributed by atoms with Crippen LogP contribution in [0.1, 0.15) is 13.8 Å². The van der Waals surface area contributed by atoms with E-state index in [9.17, 15) is 0 Å². The Labute approximate surface area is 56.6 Å². The average Bonchev–Trinajstić information content (AvgIpc) is 1.99. The fourth-order valence-corrected chi connectivity index (χ4v) is 0.974. The zero-order valence-corrected chi connectivity index (χ0v) is 6.18. The second-order valence-corrected chi connectivity index (χ2v) is 2.79. The molecule has 1 aliphatic heterocycles.